The maximum absolute atomic E-state index is 6.01. The Bertz CT molecular complexity index is 290. The molecule has 0 radical (unpaired) electrons. The number of hydrogen-bond donors (Lipinski definition) is 1. The molecule has 2 N–H and O–H groups in total. The summed E-state index contributed by atoms with van der Waals surface area (Å²) in [6, 6.07) is 4.24. The summed E-state index contributed by atoms with van der Waals surface area (Å²) in [5.74, 6) is 6.49. The summed E-state index contributed by atoms with van der Waals surface area (Å²) in [4.78, 5) is 0. The molecule has 2 heteroatoms. The maximum atomic E-state index is 6.01. The molecule has 1 aromatic rings. The lowest BCUT2D eigenvalue weighted by Gasteiger charge is -2.20. The lowest BCUT2D eigenvalue weighted by Crippen LogP contribution is -2.24. The van der Waals surface area contributed by atoms with Gasteiger partial charge in [0.05, 0.1) is 0 Å². The van der Waals surface area contributed by atoms with Gasteiger partial charge in [0.1, 0.15) is 0 Å². The number of nitrogens with zero attached hydrogens (tertiary/aromatic N) is 1. The van der Waals surface area contributed by atoms with Crippen LogP contribution in [0.5, 0.6) is 0 Å². The molecule has 0 atom stereocenters. The van der Waals surface area contributed by atoms with Crippen molar-refractivity contribution in [1.29, 1.82) is 0 Å². The highest BCUT2D eigenvalue weighted by molar-refractivity contribution is 5.24. The molecule has 1 rings (SSSR count). The lowest BCUT2D eigenvalue weighted by molar-refractivity contribution is 0.543. The predicted molar refractivity (Wildman–Crippen MR) is 57.4 cm³/mol. The number of aromatic nitrogens is 1. The normalized spacial score (nSPS) is 12.5. The fourth-order valence-electron chi connectivity index (χ4n) is 1.55. The second-order valence-corrected chi connectivity index (χ2v) is 4.92. The molecule has 0 unspecified atom stereocenters. The van der Waals surface area contributed by atoms with E-state index in [9.17, 15) is 0 Å². The van der Waals surface area contributed by atoms with Gasteiger partial charge in [-0.15, -0.1) is 0 Å². The molecule has 13 heavy (non-hydrogen) atoms. The molecule has 0 aliphatic rings. The van der Waals surface area contributed by atoms with Crippen LogP contribution < -0.4 is 5.84 Å². The Morgan fingerprint density at radius 2 is 1.77 bits per heavy atom. The summed E-state index contributed by atoms with van der Waals surface area (Å²) in [6.45, 7) is 10.8. The van der Waals surface area contributed by atoms with Crippen molar-refractivity contribution >= 4 is 0 Å². The largest absolute Gasteiger partial charge is 0.339 e. The van der Waals surface area contributed by atoms with Gasteiger partial charge in [-0.2, -0.15) is 0 Å². The van der Waals surface area contributed by atoms with Crippen LogP contribution in [-0.4, -0.2) is 4.68 Å². The smallest absolute Gasteiger partial charge is 0.0448 e. The fourth-order valence-corrected chi connectivity index (χ4v) is 1.55. The first-order valence-corrected chi connectivity index (χ1v) is 4.81. The third kappa shape index (κ3) is 1.87. The van der Waals surface area contributed by atoms with E-state index in [-0.39, 0.29) is 5.41 Å². The maximum Gasteiger partial charge on any atom is 0.0448 e. The van der Waals surface area contributed by atoms with Gasteiger partial charge >= 0.3 is 0 Å². The molecule has 0 bridgehead atoms. The van der Waals surface area contributed by atoms with Crippen LogP contribution in [-0.2, 0) is 5.41 Å². The molecule has 0 amide bonds. The number of rotatable bonds is 1. The quantitative estimate of drug-likeness (QED) is 0.662. The monoisotopic (exact) mass is 180 g/mol. The predicted octanol–water partition coefficient (Wildman–Crippen LogP) is 2.62. The van der Waals surface area contributed by atoms with Crippen molar-refractivity contribution in [3.8, 4) is 0 Å². The Hall–Kier alpha value is -0.920. The van der Waals surface area contributed by atoms with Gasteiger partial charge in [-0.3, -0.25) is 4.68 Å². The Labute approximate surface area is 80.7 Å². The Morgan fingerprint density at radius 1 is 1.23 bits per heavy atom. The second kappa shape index (κ2) is 3.09. The van der Waals surface area contributed by atoms with E-state index in [0.717, 1.165) is 0 Å². The molecule has 1 heterocycles. The third-order valence-corrected chi connectivity index (χ3v) is 2.31. The van der Waals surface area contributed by atoms with Gasteiger partial charge in [-0.1, -0.05) is 34.6 Å². The van der Waals surface area contributed by atoms with E-state index in [1.165, 1.54) is 11.4 Å². The molecular weight excluding hydrogens is 160 g/mol. The summed E-state index contributed by atoms with van der Waals surface area (Å²) < 4.78 is 1.82. The molecular formula is C11H20N2. The average molecular weight is 180 g/mol. The van der Waals surface area contributed by atoms with E-state index in [1.807, 2.05) is 4.68 Å². The minimum absolute atomic E-state index is 0.127. The first kappa shape index (κ1) is 10.2. The topological polar surface area (TPSA) is 30.9 Å². The van der Waals surface area contributed by atoms with E-state index in [2.05, 4.69) is 46.8 Å². The molecule has 74 valence electrons. The molecule has 0 spiro atoms. The van der Waals surface area contributed by atoms with Crippen LogP contribution in [0.25, 0.3) is 0 Å². The Morgan fingerprint density at radius 3 is 2.00 bits per heavy atom. The first-order valence-electron chi connectivity index (χ1n) is 4.81. The van der Waals surface area contributed by atoms with Crippen LogP contribution in [0.3, 0.4) is 0 Å². The molecule has 0 saturated heterocycles. The van der Waals surface area contributed by atoms with E-state index in [1.54, 1.807) is 0 Å². The van der Waals surface area contributed by atoms with E-state index in [0.29, 0.717) is 5.92 Å². The molecule has 2 nitrogen and oxygen atoms in total. The standard InChI is InChI=1S/C11H20N2/c1-8(2)9-6-7-10(13(9)12)11(3,4)5/h6-8H,12H2,1-5H3. The van der Waals surface area contributed by atoms with Gasteiger partial charge in [0.15, 0.2) is 0 Å². The summed E-state index contributed by atoms with van der Waals surface area (Å²) >= 11 is 0. The number of nitrogens with two attached hydrogens (primary N) is 1. The van der Waals surface area contributed by atoms with E-state index >= 15 is 0 Å². The van der Waals surface area contributed by atoms with E-state index in [4.69, 9.17) is 5.84 Å². The van der Waals surface area contributed by atoms with Crippen molar-refractivity contribution in [2.24, 2.45) is 0 Å². The van der Waals surface area contributed by atoms with Crippen LogP contribution >= 0.6 is 0 Å². The Kier molecular flexibility index (Phi) is 2.42. The molecule has 0 aromatic carbocycles. The highest BCUT2D eigenvalue weighted by Gasteiger charge is 2.19. The summed E-state index contributed by atoms with van der Waals surface area (Å²) in [5.41, 5.74) is 2.52. The van der Waals surface area contributed by atoms with Crippen molar-refractivity contribution < 1.29 is 0 Å². The van der Waals surface area contributed by atoms with E-state index < -0.39 is 0 Å². The van der Waals surface area contributed by atoms with Crippen LogP contribution in [0.4, 0.5) is 0 Å². The van der Waals surface area contributed by atoms with Crippen molar-refractivity contribution in [1.82, 2.24) is 4.68 Å². The fraction of sp³-hybridized carbons (Fsp3) is 0.636. The highest BCUT2D eigenvalue weighted by Crippen LogP contribution is 2.25. The van der Waals surface area contributed by atoms with Gasteiger partial charge < -0.3 is 5.84 Å². The van der Waals surface area contributed by atoms with Gasteiger partial charge in [-0.25, -0.2) is 0 Å². The number of hydrogen-bond acceptors (Lipinski definition) is 1. The Balaban J connectivity index is 3.14. The van der Waals surface area contributed by atoms with Gasteiger partial charge in [-0.05, 0) is 18.1 Å². The van der Waals surface area contributed by atoms with Gasteiger partial charge in [0.2, 0.25) is 0 Å². The highest BCUT2D eigenvalue weighted by atomic mass is 15.3. The summed E-state index contributed by atoms with van der Waals surface area (Å²) in [6.07, 6.45) is 0. The zero-order valence-electron chi connectivity index (χ0n) is 9.26. The van der Waals surface area contributed by atoms with Crippen molar-refractivity contribution in [2.45, 2.75) is 46.0 Å². The lowest BCUT2D eigenvalue weighted by atomic mass is 9.92. The molecule has 0 fully saturated rings. The van der Waals surface area contributed by atoms with Gasteiger partial charge in [0.25, 0.3) is 0 Å². The molecule has 0 aliphatic heterocycles. The van der Waals surface area contributed by atoms with Crippen LogP contribution in [0.2, 0.25) is 0 Å². The van der Waals surface area contributed by atoms with Gasteiger partial charge in [0, 0.05) is 16.8 Å². The molecule has 1 aromatic heterocycles. The average Bonchev–Trinajstić information content (AvgIpc) is 2.28. The zero-order valence-corrected chi connectivity index (χ0v) is 9.26. The minimum Gasteiger partial charge on any atom is -0.339 e. The summed E-state index contributed by atoms with van der Waals surface area (Å²) in [7, 11) is 0. The van der Waals surface area contributed by atoms with Crippen LogP contribution in [0.15, 0.2) is 12.1 Å². The van der Waals surface area contributed by atoms with Crippen LogP contribution in [0.1, 0.15) is 51.9 Å². The second-order valence-electron chi connectivity index (χ2n) is 4.92. The van der Waals surface area contributed by atoms with Crippen LogP contribution in [0, 0.1) is 0 Å². The zero-order chi connectivity index (χ0) is 10.2. The minimum atomic E-state index is 0.127. The summed E-state index contributed by atoms with van der Waals surface area (Å²) in [5, 5.41) is 0. The molecule has 0 aliphatic carbocycles. The van der Waals surface area contributed by atoms with Crippen molar-refractivity contribution in [3.05, 3.63) is 23.5 Å². The SMILES string of the molecule is CC(C)c1ccc(C(C)(C)C)n1N. The van der Waals surface area contributed by atoms with Crippen molar-refractivity contribution in [3.63, 3.8) is 0 Å². The molecule has 0 saturated carbocycles. The third-order valence-electron chi connectivity index (χ3n) is 2.31. The first-order chi connectivity index (χ1) is 5.84. The van der Waals surface area contributed by atoms with Crippen molar-refractivity contribution in [2.75, 3.05) is 5.84 Å². The number of nitrogen functional groups attached to an aromatic ring is 1.